The number of rotatable bonds is 7. The molecule has 1 aliphatic heterocycles. The molecule has 1 heterocycles. The zero-order chi connectivity index (χ0) is 16.7. The summed E-state index contributed by atoms with van der Waals surface area (Å²) in [6, 6.07) is 9.60. The second-order valence-corrected chi connectivity index (χ2v) is 5.84. The lowest BCUT2D eigenvalue weighted by atomic mass is 10.1. The lowest BCUT2D eigenvalue weighted by molar-refractivity contribution is -0.157. The van der Waals surface area contributed by atoms with E-state index < -0.39 is 11.9 Å². The summed E-state index contributed by atoms with van der Waals surface area (Å²) < 4.78 is 5.26. The molecule has 1 aromatic carbocycles. The first-order chi connectivity index (χ1) is 11.1. The molecule has 0 bridgehead atoms. The Morgan fingerprint density at radius 3 is 2.74 bits per heavy atom. The minimum Gasteiger partial charge on any atom is -0.460 e. The van der Waals surface area contributed by atoms with Crippen LogP contribution in [0.15, 0.2) is 30.3 Å². The minimum atomic E-state index is -0.842. The first-order valence-corrected chi connectivity index (χ1v) is 8.11. The second-order valence-electron chi connectivity index (χ2n) is 5.84. The maximum atomic E-state index is 12.4. The fourth-order valence-corrected chi connectivity index (χ4v) is 2.71. The molecular formula is C17H25N3O3. The smallest absolute Gasteiger partial charge is 0.318 e. The number of esters is 1. The van der Waals surface area contributed by atoms with Gasteiger partial charge in [-0.1, -0.05) is 37.3 Å². The Balaban J connectivity index is 1.86. The van der Waals surface area contributed by atoms with Crippen LogP contribution in [-0.4, -0.2) is 36.0 Å². The maximum Gasteiger partial charge on any atom is 0.318 e. The number of nitrogens with zero attached hydrogens (tertiary/aromatic N) is 1. The Morgan fingerprint density at radius 1 is 1.39 bits per heavy atom. The highest BCUT2D eigenvalue weighted by molar-refractivity contribution is 5.97. The third kappa shape index (κ3) is 5.04. The highest BCUT2D eigenvalue weighted by Crippen LogP contribution is 2.13. The first kappa shape index (κ1) is 17.4. The molecule has 1 aromatic rings. The molecule has 23 heavy (non-hydrogen) atoms. The van der Waals surface area contributed by atoms with Gasteiger partial charge in [-0.2, -0.15) is 0 Å². The normalized spacial score (nSPS) is 18.4. The first-order valence-electron chi connectivity index (χ1n) is 8.11. The van der Waals surface area contributed by atoms with Crippen molar-refractivity contribution in [2.45, 2.75) is 38.8 Å². The fraction of sp³-hybridized carbons (Fsp3) is 0.529. The van der Waals surface area contributed by atoms with Gasteiger partial charge in [0, 0.05) is 6.04 Å². The standard InChI is InChI=1S/C17H25N3O3/c1-2-15(16(21)20(18)11-14-9-6-10-19-14)17(22)23-12-13-7-4-3-5-8-13/h3-5,7-8,14-15,19H,2,6,9-12,18H2,1H3. The van der Waals surface area contributed by atoms with E-state index in [1.807, 2.05) is 30.3 Å². The van der Waals surface area contributed by atoms with Crippen molar-refractivity contribution >= 4 is 11.9 Å². The summed E-state index contributed by atoms with van der Waals surface area (Å²) in [6.07, 6.45) is 2.46. The van der Waals surface area contributed by atoms with Gasteiger partial charge in [-0.25, -0.2) is 5.84 Å². The molecule has 0 radical (unpaired) electrons. The Hall–Kier alpha value is -1.92. The van der Waals surface area contributed by atoms with Crippen molar-refractivity contribution in [3.63, 3.8) is 0 Å². The number of hydrogen-bond acceptors (Lipinski definition) is 5. The molecule has 1 amide bonds. The largest absolute Gasteiger partial charge is 0.460 e. The second kappa shape index (κ2) is 8.64. The summed E-state index contributed by atoms with van der Waals surface area (Å²) in [5.74, 6) is 4.12. The highest BCUT2D eigenvalue weighted by Gasteiger charge is 2.31. The molecule has 0 saturated carbocycles. The van der Waals surface area contributed by atoms with Crippen LogP contribution in [-0.2, 0) is 20.9 Å². The van der Waals surface area contributed by atoms with Gasteiger partial charge < -0.3 is 10.1 Å². The van der Waals surface area contributed by atoms with E-state index in [0.29, 0.717) is 13.0 Å². The van der Waals surface area contributed by atoms with Crippen LogP contribution in [0.3, 0.4) is 0 Å². The Labute approximate surface area is 136 Å². The highest BCUT2D eigenvalue weighted by atomic mass is 16.5. The van der Waals surface area contributed by atoms with E-state index in [-0.39, 0.29) is 18.6 Å². The Kier molecular flexibility index (Phi) is 6.55. The predicted molar refractivity (Wildman–Crippen MR) is 86.9 cm³/mol. The van der Waals surface area contributed by atoms with E-state index in [1.165, 1.54) is 0 Å². The molecule has 3 N–H and O–H groups in total. The third-order valence-corrected chi connectivity index (χ3v) is 4.08. The maximum absolute atomic E-state index is 12.4. The van der Waals surface area contributed by atoms with E-state index in [9.17, 15) is 9.59 Å². The molecule has 1 fully saturated rings. The fourth-order valence-electron chi connectivity index (χ4n) is 2.71. The van der Waals surface area contributed by atoms with E-state index in [0.717, 1.165) is 30.0 Å². The Morgan fingerprint density at radius 2 is 2.13 bits per heavy atom. The monoisotopic (exact) mass is 319 g/mol. The average Bonchev–Trinajstić information content (AvgIpc) is 3.07. The number of amides is 1. The molecule has 2 atom stereocenters. The lowest BCUT2D eigenvalue weighted by Gasteiger charge is -2.24. The molecule has 1 saturated heterocycles. The van der Waals surface area contributed by atoms with Crippen molar-refractivity contribution in [3.8, 4) is 0 Å². The molecule has 2 unspecified atom stereocenters. The number of hydrazine groups is 1. The van der Waals surface area contributed by atoms with Crippen molar-refractivity contribution in [2.24, 2.45) is 11.8 Å². The van der Waals surface area contributed by atoms with Crippen LogP contribution in [0.25, 0.3) is 0 Å². The molecule has 2 rings (SSSR count). The van der Waals surface area contributed by atoms with Crippen LogP contribution in [0.4, 0.5) is 0 Å². The van der Waals surface area contributed by atoms with Crippen molar-refractivity contribution in [3.05, 3.63) is 35.9 Å². The van der Waals surface area contributed by atoms with Gasteiger partial charge in [0.25, 0.3) is 5.91 Å². The number of hydrogen-bond donors (Lipinski definition) is 2. The van der Waals surface area contributed by atoms with Crippen LogP contribution < -0.4 is 11.2 Å². The molecule has 0 aliphatic carbocycles. The van der Waals surface area contributed by atoms with Crippen molar-refractivity contribution in [2.75, 3.05) is 13.1 Å². The van der Waals surface area contributed by atoms with Crippen LogP contribution >= 0.6 is 0 Å². The zero-order valence-corrected chi connectivity index (χ0v) is 13.5. The van der Waals surface area contributed by atoms with Gasteiger partial charge in [0.05, 0.1) is 6.54 Å². The molecular weight excluding hydrogens is 294 g/mol. The summed E-state index contributed by atoms with van der Waals surface area (Å²) in [6.45, 7) is 3.32. The summed E-state index contributed by atoms with van der Waals surface area (Å²) >= 11 is 0. The molecule has 0 spiro atoms. The molecule has 126 valence electrons. The SMILES string of the molecule is CCC(C(=O)OCc1ccccc1)C(=O)N(N)CC1CCCN1. The van der Waals surface area contributed by atoms with Crippen LogP contribution in [0.2, 0.25) is 0 Å². The van der Waals surface area contributed by atoms with Crippen LogP contribution in [0.5, 0.6) is 0 Å². The van der Waals surface area contributed by atoms with Crippen LogP contribution in [0.1, 0.15) is 31.7 Å². The minimum absolute atomic E-state index is 0.165. The van der Waals surface area contributed by atoms with Gasteiger partial charge >= 0.3 is 5.97 Å². The number of benzene rings is 1. The molecule has 6 heteroatoms. The van der Waals surface area contributed by atoms with Gasteiger partial charge in [-0.15, -0.1) is 0 Å². The number of ether oxygens (including phenoxy) is 1. The van der Waals surface area contributed by atoms with Gasteiger partial charge in [-0.05, 0) is 31.4 Å². The topological polar surface area (TPSA) is 84.7 Å². The zero-order valence-electron chi connectivity index (χ0n) is 13.5. The van der Waals surface area contributed by atoms with E-state index >= 15 is 0 Å². The van der Waals surface area contributed by atoms with Gasteiger partial charge in [0.2, 0.25) is 0 Å². The van der Waals surface area contributed by atoms with Crippen molar-refractivity contribution in [1.29, 1.82) is 0 Å². The molecule has 0 aromatic heterocycles. The Bertz CT molecular complexity index is 515. The molecule has 6 nitrogen and oxygen atoms in total. The van der Waals surface area contributed by atoms with Gasteiger partial charge in [-0.3, -0.25) is 14.6 Å². The van der Waals surface area contributed by atoms with Gasteiger partial charge in [0.15, 0.2) is 0 Å². The van der Waals surface area contributed by atoms with Crippen LogP contribution in [0, 0.1) is 5.92 Å². The molecule has 1 aliphatic rings. The lowest BCUT2D eigenvalue weighted by Crippen LogP contribution is -2.49. The third-order valence-electron chi connectivity index (χ3n) is 4.08. The number of nitrogens with two attached hydrogens (primary N) is 1. The number of carbonyl (C=O) groups is 2. The number of carbonyl (C=O) groups excluding carboxylic acids is 2. The average molecular weight is 319 g/mol. The van der Waals surface area contributed by atoms with Crippen molar-refractivity contribution in [1.82, 2.24) is 10.3 Å². The number of nitrogens with one attached hydrogen (secondary N) is 1. The van der Waals surface area contributed by atoms with E-state index in [1.54, 1.807) is 6.92 Å². The van der Waals surface area contributed by atoms with Gasteiger partial charge in [0.1, 0.15) is 12.5 Å². The van der Waals surface area contributed by atoms with E-state index in [4.69, 9.17) is 10.6 Å². The summed E-state index contributed by atoms with van der Waals surface area (Å²) in [5.41, 5.74) is 0.892. The quantitative estimate of drug-likeness (QED) is 0.259. The van der Waals surface area contributed by atoms with E-state index in [2.05, 4.69) is 5.32 Å². The summed E-state index contributed by atoms with van der Waals surface area (Å²) in [7, 11) is 0. The summed E-state index contributed by atoms with van der Waals surface area (Å²) in [4.78, 5) is 24.6. The van der Waals surface area contributed by atoms with Crippen molar-refractivity contribution < 1.29 is 14.3 Å². The predicted octanol–water partition coefficient (Wildman–Crippen LogP) is 1.21. The summed E-state index contributed by atoms with van der Waals surface area (Å²) in [5, 5.41) is 4.44.